The van der Waals surface area contributed by atoms with Crippen LogP contribution in [-0.2, 0) is 24.5 Å². The molecular formula is C19H23ClF3NO6. The van der Waals surface area contributed by atoms with Crippen molar-refractivity contribution < 1.29 is 42.2 Å². The number of halogens is 4. The Bertz CT molecular complexity index is 792. The molecule has 1 aromatic carbocycles. The minimum atomic E-state index is -4.82. The minimum Gasteiger partial charge on any atom is -0.475 e. The van der Waals surface area contributed by atoms with Crippen LogP contribution in [0.2, 0.25) is 5.02 Å². The molecule has 0 bridgehead atoms. The molecule has 11 heteroatoms. The molecule has 30 heavy (non-hydrogen) atoms. The predicted molar refractivity (Wildman–Crippen MR) is 101 cm³/mol. The zero-order valence-electron chi connectivity index (χ0n) is 16.6. The highest BCUT2D eigenvalue weighted by Crippen LogP contribution is 2.42. The number of nitrogens with one attached hydrogen (secondary N) is 1. The molecule has 0 fully saturated rings. The van der Waals surface area contributed by atoms with Gasteiger partial charge in [0, 0.05) is 10.6 Å². The number of fused-ring (bicyclic) bond motifs is 1. The van der Waals surface area contributed by atoms with Gasteiger partial charge in [0.15, 0.2) is 0 Å². The molecule has 0 saturated carbocycles. The van der Waals surface area contributed by atoms with Crippen molar-refractivity contribution >= 4 is 23.6 Å². The fourth-order valence-electron chi connectivity index (χ4n) is 2.73. The van der Waals surface area contributed by atoms with Gasteiger partial charge >= 0.3 is 12.1 Å². The second kappa shape index (κ2) is 9.97. The van der Waals surface area contributed by atoms with Crippen molar-refractivity contribution in [2.45, 2.75) is 38.5 Å². The zero-order chi connectivity index (χ0) is 22.5. The molecule has 1 aliphatic rings. The minimum absolute atomic E-state index is 0.0102. The Morgan fingerprint density at radius 2 is 1.87 bits per heavy atom. The first kappa shape index (κ1) is 24.4. The molecule has 0 amide bonds. The second-order valence-corrected chi connectivity index (χ2v) is 7.85. The number of alkyl halides is 3. The van der Waals surface area contributed by atoms with Gasteiger partial charge in [0.25, 0.3) is 0 Å². The Balaban J connectivity index is 2.18. The normalized spacial score (nSPS) is 16.5. The third kappa shape index (κ3) is 6.32. The lowest BCUT2D eigenvalue weighted by atomic mass is 9.85. The summed E-state index contributed by atoms with van der Waals surface area (Å²) in [6.45, 7) is 5.37. The Morgan fingerprint density at radius 3 is 2.47 bits per heavy atom. The van der Waals surface area contributed by atoms with Crippen molar-refractivity contribution in [2.24, 2.45) is 0 Å². The number of rotatable bonds is 8. The van der Waals surface area contributed by atoms with Crippen molar-refractivity contribution in [3.05, 3.63) is 33.9 Å². The van der Waals surface area contributed by atoms with Crippen LogP contribution in [0, 0.1) is 0 Å². The van der Waals surface area contributed by atoms with E-state index in [1.165, 1.54) is 17.8 Å². The van der Waals surface area contributed by atoms with Crippen LogP contribution in [0.5, 0.6) is 5.75 Å². The quantitative estimate of drug-likeness (QED) is 0.351. The Hall–Kier alpha value is -1.85. The Labute approximate surface area is 176 Å². The van der Waals surface area contributed by atoms with Crippen LogP contribution in [-0.4, -0.2) is 49.9 Å². The summed E-state index contributed by atoms with van der Waals surface area (Å²) >= 11 is 6.28. The van der Waals surface area contributed by atoms with Gasteiger partial charge in [0.1, 0.15) is 12.4 Å². The number of benzene rings is 1. The predicted octanol–water partition coefficient (Wildman–Crippen LogP) is 3.81. The molecule has 1 heterocycles. The van der Waals surface area contributed by atoms with E-state index in [0.29, 0.717) is 10.6 Å². The lowest BCUT2D eigenvalue weighted by molar-refractivity contribution is -0.188. The molecule has 1 aromatic rings. The smallest absolute Gasteiger partial charge is 0.430 e. The monoisotopic (exact) mass is 453 g/mol. The molecule has 7 nitrogen and oxygen atoms in total. The first-order valence-electron chi connectivity index (χ1n) is 9.00. The zero-order valence-corrected chi connectivity index (χ0v) is 17.4. The lowest BCUT2D eigenvalue weighted by Crippen LogP contribution is -2.41. The molecule has 0 spiro atoms. The molecule has 0 radical (unpaired) electrons. The van der Waals surface area contributed by atoms with Crippen LogP contribution in [0.25, 0.3) is 6.08 Å². The average molecular weight is 454 g/mol. The summed E-state index contributed by atoms with van der Waals surface area (Å²) in [7, 11) is 0. The summed E-state index contributed by atoms with van der Waals surface area (Å²) < 4.78 is 55.8. The highest BCUT2D eigenvalue weighted by atomic mass is 35.5. The standard InChI is InChI=1S/C19H23ClF3NO6/c1-18(2,3)13-10-15-11(9-14(13)20)8-12(16(30-15)19(21,22)23)17(25)28-6-4-27-5-7-29-24-26/h8-10,16,24,26H,4-7H2,1-3H3. The average Bonchev–Trinajstić information content (AvgIpc) is 2.64. The van der Waals surface area contributed by atoms with Crippen LogP contribution in [0.15, 0.2) is 17.7 Å². The molecular weight excluding hydrogens is 431 g/mol. The van der Waals surface area contributed by atoms with Crippen molar-refractivity contribution in [1.82, 2.24) is 5.64 Å². The number of carbonyl (C=O) groups is 1. The molecule has 1 aliphatic heterocycles. The molecule has 2 N–H and O–H groups in total. The van der Waals surface area contributed by atoms with Crippen LogP contribution in [0.1, 0.15) is 31.9 Å². The molecule has 168 valence electrons. The summed E-state index contributed by atoms with van der Waals surface area (Å²) in [6, 6.07) is 2.93. The summed E-state index contributed by atoms with van der Waals surface area (Å²) in [5.41, 5.74) is 1.25. The molecule has 0 aliphatic carbocycles. The van der Waals surface area contributed by atoms with E-state index in [0.717, 1.165) is 6.08 Å². The highest BCUT2D eigenvalue weighted by Gasteiger charge is 2.49. The van der Waals surface area contributed by atoms with Gasteiger partial charge in [-0.25, -0.2) is 4.79 Å². The van der Waals surface area contributed by atoms with Crippen molar-refractivity contribution in [3.63, 3.8) is 0 Å². The first-order chi connectivity index (χ1) is 13.9. The number of esters is 1. The topological polar surface area (TPSA) is 86.3 Å². The van der Waals surface area contributed by atoms with E-state index >= 15 is 0 Å². The van der Waals surface area contributed by atoms with E-state index in [4.69, 9.17) is 31.0 Å². The molecule has 0 saturated heterocycles. The molecule has 0 aromatic heterocycles. The fraction of sp³-hybridized carbons (Fsp3) is 0.526. The fourth-order valence-corrected chi connectivity index (χ4v) is 3.18. The number of hydrogen-bond donors (Lipinski definition) is 2. The van der Waals surface area contributed by atoms with Crippen molar-refractivity contribution in [2.75, 3.05) is 26.4 Å². The van der Waals surface area contributed by atoms with E-state index in [1.807, 2.05) is 20.8 Å². The summed E-state index contributed by atoms with van der Waals surface area (Å²) in [5.74, 6) is -1.18. The summed E-state index contributed by atoms with van der Waals surface area (Å²) in [5, 5.41) is 8.56. The van der Waals surface area contributed by atoms with Gasteiger partial charge in [-0.1, -0.05) is 38.0 Å². The van der Waals surface area contributed by atoms with Gasteiger partial charge in [0.05, 0.1) is 25.4 Å². The summed E-state index contributed by atoms with van der Waals surface area (Å²) in [4.78, 5) is 16.7. The third-order valence-electron chi connectivity index (χ3n) is 4.13. The maximum Gasteiger partial charge on any atom is 0.430 e. The largest absolute Gasteiger partial charge is 0.475 e. The van der Waals surface area contributed by atoms with E-state index in [2.05, 4.69) is 4.84 Å². The van der Waals surface area contributed by atoms with Gasteiger partial charge in [-0.05, 0) is 29.2 Å². The number of ether oxygens (including phenoxy) is 3. The lowest BCUT2D eigenvalue weighted by Gasteiger charge is -2.30. The van der Waals surface area contributed by atoms with Crippen molar-refractivity contribution in [1.29, 1.82) is 0 Å². The second-order valence-electron chi connectivity index (χ2n) is 7.45. The highest BCUT2D eigenvalue weighted by molar-refractivity contribution is 6.31. The van der Waals surface area contributed by atoms with E-state index in [1.54, 1.807) is 0 Å². The van der Waals surface area contributed by atoms with Gasteiger partial charge < -0.3 is 14.2 Å². The number of carbonyl (C=O) groups excluding carboxylic acids is 1. The number of hydrogen-bond acceptors (Lipinski definition) is 7. The van der Waals surface area contributed by atoms with Crippen molar-refractivity contribution in [3.8, 4) is 5.75 Å². The first-order valence-corrected chi connectivity index (χ1v) is 9.37. The maximum absolute atomic E-state index is 13.6. The van der Waals surface area contributed by atoms with Crippen LogP contribution >= 0.6 is 11.6 Å². The SMILES string of the molecule is CC(C)(C)c1cc2c(cc1Cl)C=C(C(=O)OCCOCCONO)C(C(F)(F)F)O2. The Morgan fingerprint density at radius 1 is 1.20 bits per heavy atom. The summed E-state index contributed by atoms with van der Waals surface area (Å²) in [6.07, 6.45) is -6.20. The van der Waals surface area contributed by atoms with E-state index in [9.17, 15) is 18.0 Å². The van der Waals surface area contributed by atoms with E-state index < -0.39 is 29.2 Å². The maximum atomic E-state index is 13.6. The van der Waals surface area contributed by atoms with Gasteiger partial charge in [-0.15, -0.1) is 0 Å². The van der Waals surface area contributed by atoms with Crippen LogP contribution < -0.4 is 10.4 Å². The van der Waals surface area contributed by atoms with Gasteiger partial charge in [-0.3, -0.25) is 10.0 Å². The molecule has 1 atom stereocenters. The Kier molecular flexibility index (Phi) is 8.12. The van der Waals surface area contributed by atoms with E-state index in [-0.39, 0.29) is 37.7 Å². The van der Waals surface area contributed by atoms with Crippen LogP contribution in [0.3, 0.4) is 0 Å². The molecule has 2 rings (SSSR count). The van der Waals surface area contributed by atoms with Crippen LogP contribution in [0.4, 0.5) is 13.2 Å². The third-order valence-corrected chi connectivity index (χ3v) is 4.45. The van der Waals surface area contributed by atoms with Gasteiger partial charge in [-0.2, -0.15) is 13.2 Å². The van der Waals surface area contributed by atoms with Gasteiger partial charge in [0.2, 0.25) is 6.10 Å². The molecule has 1 unspecified atom stereocenters.